The van der Waals surface area contributed by atoms with Gasteiger partial charge < -0.3 is 14.2 Å². The minimum atomic E-state index is -0.314. The normalized spacial score (nSPS) is 15.4. The van der Waals surface area contributed by atoms with Crippen molar-refractivity contribution >= 4 is 38.9 Å². The van der Waals surface area contributed by atoms with Gasteiger partial charge in [0.05, 0.1) is 0 Å². The van der Waals surface area contributed by atoms with Gasteiger partial charge in [-0.25, -0.2) is 9.37 Å². The van der Waals surface area contributed by atoms with Crippen molar-refractivity contribution in [2.75, 3.05) is 36.0 Å². The van der Waals surface area contributed by atoms with Crippen LogP contribution in [0.2, 0.25) is 0 Å². The van der Waals surface area contributed by atoms with Gasteiger partial charge in [-0.3, -0.25) is 0 Å². The fourth-order valence-electron chi connectivity index (χ4n) is 2.70. The van der Waals surface area contributed by atoms with Crippen molar-refractivity contribution in [3.05, 3.63) is 46.8 Å². The Kier molecular flexibility index (Phi) is 3.65. The van der Waals surface area contributed by atoms with Gasteiger partial charge in [0.25, 0.3) is 6.01 Å². The van der Waals surface area contributed by atoms with Crippen molar-refractivity contribution in [3.63, 3.8) is 0 Å². The predicted octanol–water partition coefficient (Wildman–Crippen LogP) is 3.45. The van der Waals surface area contributed by atoms with Gasteiger partial charge in [-0.2, -0.15) is 4.98 Å². The molecule has 3 aromatic rings. The maximum Gasteiger partial charge on any atom is 0.298 e. The number of rotatable bonds is 2. The summed E-state index contributed by atoms with van der Waals surface area (Å²) < 4.78 is 19.9. The van der Waals surface area contributed by atoms with Gasteiger partial charge in [0.1, 0.15) is 17.2 Å². The van der Waals surface area contributed by atoms with Crippen molar-refractivity contribution < 1.29 is 8.81 Å². The molecular weight excluding hydrogens is 363 g/mol. The first-order valence-electron chi connectivity index (χ1n) is 7.36. The molecule has 5 nitrogen and oxygen atoms in total. The second kappa shape index (κ2) is 5.81. The summed E-state index contributed by atoms with van der Waals surface area (Å²) in [4.78, 5) is 13.2. The van der Waals surface area contributed by atoms with E-state index in [2.05, 4.69) is 35.7 Å². The number of benzene rings is 1. The Bertz CT molecular complexity index is 828. The number of anilines is 2. The molecule has 1 aliphatic heterocycles. The highest BCUT2D eigenvalue weighted by Gasteiger charge is 2.22. The summed E-state index contributed by atoms with van der Waals surface area (Å²) in [6.07, 6.45) is 1.80. The molecule has 0 bridgehead atoms. The minimum absolute atomic E-state index is 0.314. The van der Waals surface area contributed by atoms with Crippen LogP contribution in [0.5, 0.6) is 0 Å². The first-order chi connectivity index (χ1) is 11.2. The van der Waals surface area contributed by atoms with Crippen LogP contribution >= 0.6 is 15.9 Å². The molecule has 3 heterocycles. The highest BCUT2D eigenvalue weighted by Crippen LogP contribution is 2.24. The zero-order valence-electron chi connectivity index (χ0n) is 12.2. The topological polar surface area (TPSA) is 45.4 Å². The zero-order valence-corrected chi connectivity index (χ0v) is 13.8. The fraction of sp³-hybridized carbons (Fsp3) is 0.250. The molecule has 0 unspecified atom stereocenters. The zero-order chi connectivity index (χ0) is 15.8. The summed E-state index contributed by atoms with van der Waals surface area (Å²) in [5.41, 5.74) is 1.16. The molecule has 1 saturated heterocycles. The van der Waals surface area contributed by atoms with E-state index in [0.717, 1.165) is 36.5 Å². The smallest absolute Gasteiger partial charge is 0.298 e. The lowest BCUT2D eigenvalue weighted by molar-refractivity contribution is 0.538. The third kappa shape index (κ3) is 2.88. The van der Waals surface area contributed by atoms with Gasteiger partial charge in [0, 0.05) is 42.9 Å². The highest BCUT2D eigenvalue weighted by atomic mass is 79.9. The van der Waals surface area contributed by atoms with E-state index in [1.54, 1.807) is 12.3 Å². The van der Waals surface area contributed by atoms with Gasteiger partial charge in [-0.1, -0.05) is 0 Å². The van der Waals surface area contributed by atoms with E-state index < -0.39 is 0 Å². The number of aromatic nitrogens is 2. The number of hydrogen-bond acceptors (Lipinski definition) is 5. The lowest BCUT2D eigenvalue weighted by atomic mass is 10.3. The highest BCUT2D eigenvalue weighted by molar-refractivity contribution is 9.10. The van der Waals surface area contributed by atoms with Crippen molar-refractivity contribution in [1.29, 1.82) is 0 Å². The van der Waals surface area contributed by atoms with Crippen LogP contribution in [0.4, 0.5) is 16.2 Å². The van der Waals surface area contributed by atoms with E-state index in [4.69, 9.17) is 4.42 Å². The molecule has 7 heteroatoms. The Labute approximate surface area is 140 Å². The van der Waals surface area contributed by atoms with Crippen LogP contribution < -0.4 is 9.80 Å². The molecule has 2 aromatic heterocycles. The van der Waals surface area contributed by atoms with E-state index in [0.29, 0.717) is 17.1 Å². The van der Waals surface area contributed by atoms with E-state index >= 15 is 0 Å². The quantitative estimate of drug-likeness (QED) is 0.685. The van der Waals surface area contributed by atoms with Crippen LogP contribution in [0.1, 0.15) is 0 Å². The first-order valence-corrected chi connectivity index (χ1v) is 8.16. The third-order valence-corrected chi connectivity index (χ3v) is 4.39. The van der Waals surface area contributed by atoms with Crippen LogP contribution in [-0.4, -0.2) is 36.1 Å². The van der Waals surface area contributed by atoms with Gasteiger partial charge >= 0.3 is 0 Å². The molecular formula is C16H14BrFN4O. The lowest BCUT2D eigenvalue weighted by Crippen LogP contribution is -2.47. The summed E-state index contributed by atoms with van der Waals surface area (Å²) >= 11 is 3.39. The summed E-state index contributed by atoms with van der Waals surface area (Å²) in [6, 6.07) is 8.94. The molecule has 0 amide bonds. The molecule has 0 saturated carbocycles. The van der Waals surface area contributed by atoms with E-state index in [1.807, 2.05) is 12.1 Å². The average molecular weight is 377 g/mol. The summed E-state index contributed by atoms with van der Waals surface area (Å²) in [6.45, 7) is 3.24. The van der Waals surface area contributed by atoms with Crippen molar-refractivity contribution in [2.45, 2.75) is 0 Å². The molecule has 0 spiro atoms. The monoisotopic (exact) mass is 376 g/mol. The number of halogens is 2. The summed E-state index contributed by atoms with van der Waals surface area (Å²) in [5, 5.41) is 0. The van der Waals surface area contributed by atoms with Crippen molar-refractivity contribution in [3.8, 4) is 0 Å². The van der Waals surface area contributed by atoms with Crippen molar-refractivity contribution in [2.24, 2.45) is 0 Å². The maximum absolute atomic E-state index is 13.2. The Hall–Kier alpha value is -2.15. The Morgan fingerprint density at radius 1 is 1.04 bits per heavy atom. The molecule has 23 heavy (non-hydrogen) atoms. The van der Waals surface area contributed by atoms with Crippen LogP contribution in [0.3, 0.4) is 0 Å². The fourth-order valence-corrected chi connectivity index (χ4v) is 2.94. The SMILES string of the molecule is Fc1ccc2nc(N3CCN(c4ccc(Br)cn4)CC3)oc2c1. The lowest BCUT2D eigenvalue weighted by Gasteiger charge is -2.34. The predicted molar refractivity (Wildman–Crippen MR) is 90.3 cm³/mol. The average Bonchev–Trinajstić information content (AvgIpc) is 2.99. The summed E-state index contributed by atoms with van der Waals surface area (Å²) in [7, 11) is 0. The van der Waals surface area contributed by atoms with E-state index in [1.165, 1.54) is 12.1 Å². The van der Waals surface area contributed by atoms with Gasteiger partial charge in [-0.05, 0) is 40.2 Å². The van der Waals surface area contributed by atoms with Gasteiger partial charge in [0.15, 0.2) is 5.58 Å². The number of hydrogen-bond donors (Lipinski definition) is 0. The number of piperazine rings is 1. The largest absolute Gasteiger partial charge is 0.423 e. The van der Waals surface area contributed by atoms with Crippen LogP contribution in [0.25, 0.3) is 11.1 Å². The molecule has 1 fully saturated rings. The number of nitrogens with zero attached hydrogens (tertiary/aromatic N) is 4. The Morgan fingerprint density at radius 2 is 1.83 bits per heavy atom. The van der Waals surface area contributed by atoms with E-state index in [-0.39, 0.29) is 5.82 Å². The van der Waals surface area contributed by atoms with Crippen LogP contribution in [-0.2, 0) is 0 Å². The number of fused-ring (bicyclic) bond motifs is 1. The minimum Gasteiger partial charge on any atom is -0.423 e. The van der Waals surface area contributed by atoms with Crippen LogP contribution in [0, 0.1) is 5.82 Å². The molecule has 0 N–H and O–H groups in total. The molecule has 0 atom stereocenters. The molecule has 118 valence electrons. The second-order valence-corrected chi connectivity index (χ2v) is 6.33. The molecule has 0 aliphatic carbocycles. The Morgan fingerprint density at radius 3 is 2.57 bits per heavy atom. The van der Waals surface area contributed by atoms with Crippen molar-refractivity contribution in [1.82, 2.24) is 9.97 Å². The maximum atomic E-state index is 13.2. The Balaban J connectivity index is 1.48. The molecule has 1 aromatic carbocycles. The molecule has 1 aliphatic rings. The van der Waals surface area contributed by atoms with Gasteiger partial charge in [0.2, 0.25) is 0 Å². The first kappa shape index (κ1) is 14.4. The second-order valence-electron chi connectivity index (χ2n) is 5.42. The molecule has 0 radical (unpaired) electrons. The third-order valence-electron chi connectivity index (χ3n) is 3.93. The number of oxazole rings is 1. The van der Waals surface area contributed by atoms with Crippen LogP contribution in [0.15, 0.2) is 45.4 Å². The van der Waals surface area contributed by atoms with E-state index in [9.17, 15) is 4.39 Å². The van der Waals surface area contributed by atoms with Gasteiger partial charge in [-0.15, -0.1) is 0 Å². The number of pyridine rings is 1. The summed E-state index contributed by atoms with van der Waals surface area (Å²) in [5.74, 6) is 0.652. The standard InChI is InChI=1S/C16H14BrFN4O/c17-11-1-4-15(19-10-11)21-5-7-22(8-6-21)16-20-13-3-2-12(18)9-14(13)23-16/h1-4,9-10H,5-8H2. The molecule has 4 rings (SSSR count).